The summed E-state index contributed by atoms with van der Waals surface area (Å²) < 4.78 is 54.6. The minimum absolute atomic E-state index is 0.0108. The number of hydrogen-bond acceptors (Lipinski definition) is 7. The number of carbonyl (C=O) groups is 1. The van der Waals surface area contributed by atoms with Crippen LogP contribution in [0, 0.1) is 6.92 Å². The van der Waals surface area contributed by atoms with Crippen LogP contribution < -0.4 is 4.72 Å². The van der Waals surface area contributed by atoms with Gasteiger partial charge in [-0.2, -0.15) is 0 Å². The summed E-state index contributed by atoms with van der Waals surface area (Å²) >= 11 is 0.981. The van der Waals surface area contributed by atoms with Crippen molar-refractivity contribution in [2.75, 3.05) is 18.6 Å². The number of carbonyl (C=O) groups excluding carboxylic acids is 1. The number of esters is 1. The molecule has 0 amide bonds. The molecule has 0 saturated carbocycles. The van der Waals surface area contributed by atoms with Crippen LogP contribution >= 0.6 is 11.3 Å². The second kappa shape index (κ2) is 5.67. The molecule has 1 aromatic heterocycles. The number of thiophene rings is 1. The van der Waals surface area contributed by atoms with Crippen molar-refractivity contribution in [3.05, 3.63) is 15.8 Å². The Morgan fingerprint density at radius 1 is 1.48 bits per heavy atom. The van der Waals surface area contributed by atoms with E-state index in [-0.39, 0.29) is 27.7 Å². The molecule has 0 spiro atoms. The van der Waals surface area contributed by atoms with Crippen LogP contribution in [-0.4, -0.2) is 47.5 Å². The van der Waals surface area contributed by atoms with Crippen LogP contribution in [0.25, 0.3) is 0 Å². The fourth-order valence-electron chi connectivity index (χ4n) is 2.17. The Kier molecular flexibility index (Phi) is 4.43. The first-order valence-corrected chi connectivity index (χ1v) is 10.2. The van der Waals surface area contributed by atoms with Crippen LogP contribution in [-0.2, 0) is 24.6 Å². The second-order valence-corrected chi connectivity index (χ2v) is 9.55. The number of methoxy groups -OCH3 is 1. The minimum atomic E-state index is -3.97. The molecule has 0 bridgehead atoms. The first-order valence-electron chi connectivity index (χ1n) is 6.05. The maximum atomic E-state index is 12.4. The van der Waals surface area contributed by atoms with Crippen LogP contribution in [0.5, 0.6) is 0 Å². The van der Waals surface area contributed by atoms with Crippen molar-refractivity contribution >= 4 is 37.2 Å². The van der Waals surface area contributed by atoms with E-state index in [1.807, 2.05) is 0 Å². The summed E-state index contributed by atoms with van der Waals surface area (Å²) in [7, 11) is -5.99. The number of sulfone groups is 1. The molecule has 1 unspecified atom stereocenters. The average molecular weight is 353 g/mol. The molecular formula is C11H15NO6S3. The Morgan fingerprint density at radius 2 is 2.14 bits per heavy atom. The molecule has 118 valence electrons. The van der Waals surface area contributed by atoms with Gasteiger partial charge >= 0.3 is 5.97 Å². The number of nitrogens with one attached hydrogen (secondary N) is 1. The molecule has 10 heteroatoms. The number of sulfonamides is 1. The molecule has 2 heterocycles. The van der Waals surface area contributed by atoms with Gasteiger partial charge in [-0.05, 0) is 24.3 Å². The highest BCUT2D eigenvalue weighted by molar-refractivity contribution is 7.92. The topological polar surface area (TPSA) is 107 Å². The zero-order chi connectivity index (χ0) is 15.8. The largest absolute Gasteiger partial charge is 0.465 e. The van der Waals surface area contributed by atoms with E-state index in [1.54, 1.807) is 12.3 Å². The minimum Gasteiger partial charge on any atom is -0.465 e. The van der Waals surface area contributed by atoms with Crippen molar-refractivity contribution in [3.8, 4) is 0 Å². The summed E-state index contributed by atoms with van der Waals surface area (Å²) in [6.45, 7) is 1.57. The number of aryl methyl sites for hydroxylation is 1. The van der Waals surface area contributed by atoms with Crippen LogP contribution in [0.1, 0.15) is 21.7 Å². The van der Waals surface area contributed by atoms with E-state index in [0.717, 1.165) is 11.3 Å². The third-order valence-electron chi connectivity index (χ3n) is 3.11. The fourth-order valence-corrected chi connectivity index (χ4v) is 6.92. The van der Waals surface area contributed by atoms with E-state index < -0.39 is 31.9 Å². The molecule has 7 nitrogen and oxygen atoms in total. The Morgan fingerprint density at radius 3 is 2.67 bits per heavy atom. The van der Waals surface area contributed by atoms with Crippen LogP contribution in [0.4, 0.5) is 0 Å². The molecule has 1 aromatic rings. The van der Waals surface area contributed by atoms with Gasteiger partial charge in [0.2, 0.25) is 10.0 Å². The highest BCUT2D eigenvalue weighted by Gasteiger charge is 2.34. The molecule has 21 heavy (non-hydrogen) atoms. The lowest BCUT2D eigenvalue weighted by Crippen LogP contribution is -2.36. The summed E-state index contributed by atoms with van der Waals surface area (Å²) in [5.41, 5.74) is 0.425. The second-order valence-electron chi connectivity index (χ2n) is 4.79. The van der Waals surface area contributed by atoms with Gasteiger partial charge in [0.25, 0.3) is 0 Å². The highest BCUT2D eigenvalue weighted by atomic mass is 32.2. The first kappa shape index (κ1) is 16.4. The zero-order valence-electron chi connectivity index (χ0n) is 11.5. The monoisotopic (exact) mass is 353 g/mol. The van der Waals surface area contributed by atoms with Gasteiger partial charge in [-0.15, -0.1) is 11.3 Å². The third kappa shape index (κ3) is 3.44. The van der Waals surface area contributed by atoms with E-state index in [1.165, 1.54) is 7.11 Å². The summed E-state index contributed by atoms with van der Waals surface area (Å²) in [6.07, 6.45) is 0.234. The molecule has 1 fully saturated rings. The highest BCUT2D eigenvalue weighted by Crippen LogP contribution is 2.28. The summed E-state index contributed by atoms with van der Waals surface area (Å²) in [5.74, 6) is -0.983. The van der Waals surface area contributed by atoms with E-state index in [0.29, 0.717) is 5.56 Å². The first-order chi connectivity index (χ1) is 9.66. The van der Waals surface area contributed by atoms with Gasteiger partial charge in [0, 0.05) is 6.04 Å². The van der Waals surface area contributed by atoms with Crippen molar-refractivity contribution in [3.63, 3.8) is 0 Å². The Balaban J connectivity index is 2.33. The lowest BCUT2D eigenvalue weighted by atomic mass is 10.3. The molecule has 1 aliphatic heterocycles. The van der Waals surface area contributed by atoms with E-state index in [9.17, 15) is 21.6 Å². The molecule has 1 saturated heterocycles. The summed E-state index contributed by atoms with van der Waals surface area (Å²) in [6, 6.07) is -0.662. The Hall–Kier alpha value is -0.970. The van der Waals surface area contributed by atoms with Gasteiger partial charge in [0.05, 0.1) is 18.6 Å². The Bertz CT molecular complexity index is 762. The zero-order valence-corrected chi connectivity index (χ0v) is 13.9. The molecule has 2 rings (SSSR count). The van der Waals surface area contributed by atoms with Crippen molar-refractivity contribution < 1.29 is 26.4 Å². The molecular weight excluding hydrogens is 338 g/mol. The van der Waals surface area contributed by atoms with E-state index in [4.69, 9.17) is 0 Å². The lowest BCUT2D eigenvalue weighted by Gasteiger charge is -2.12. The predicted molar refractivity (Wildman–Crippen MR) is 77.8 cm³/mol. The molecule has 1 N–H and O–H groups in total. The van der Waals surface area contributed by atoms with Crippen molar-refractivity contribution in [2.24, 2.45) is 0 Å². The lowest BCUT2D eigenvalue weighted by molar-refractivity contribution is 0.0602. The van der Waals surface area contributed by atoms with Gasteiger partial charge in [-0.3, -0.25) is 0 Å². The smallest absolute Gasteiger partial charge is 0.349 e. The SMILES string of the molecule is COC(=O)c1scc(C)c1S(=O)(=O)NC1CCS(=O)(=O)C1. The van der Waals surface area contributed by atoms with E-state index in [2.05, 4.69) is 9.46 Å². The maximum Gasteiger partial charge on any atom is 0.349 e. The quantitative estimate of drug-likeness (QED) is 0.781. The Labute approximate surface area is 127 Å². The van der Waals surface area contributed by atoms with Gasteiger partial charge in [-0.1, -0.05) is 0 Å². The number of rotatable bonds is 4. The van der Waals surface area contributed by atoms with Crippen LogP contribution in [0.2, 0.25) is 0 Å². The van der Waals surface area contributed by atoms with Gasteiger partial charge in [-0.25, -0.2) is 26.4 Å². The van der Waals surface area contributed by atoms with Gasteiger partial charge in [0.15, 0.2) is 9.84 Å². The van der Waals surface area contributed by atoms with Crippen LogP contribution in [0.15, 0.2) is 10.3 Å². The van der Waals surface area contributed by atoms with Crippen molar-refractivity contribution in [2.45, 2.75) is 24.3 Å². The molecule has 0 aromatic carbocycles. The van der Waals surface area contributed by atoms with Gasteiger partial charge < -0.3 is 4.74 Å². The average Bonchev–Trinajstić information content (AvgIpc) is 2.91. The number of hydrogen-bond donors (Lipinski definition) is 1. The van der Waals surface area contributed by atoms with Crippen LogP contribution in [0.3, 0.4) is 0 Å². The number of ether oxygens (including phenoxy) is 1. The molecule has 0 radical (unpaired) electrons. The molecule has 1 atom stereocenters. The summed E-state index contributed by atoms with van der Waals surface area (Å²) in [5, 5.41) is 1.55. The van der Waals surface area contributed by atoms with Gasteiger partial charge in [0.1, 0.15) is 9.77 Å². The van der Waals surface area contributed by atoms with E-state index >= 15 is 0 Å². The third-order valence-corrected chi connectivity index (χ3v) is 7.79. The fraction of sp³-hybridized carbons (Fsp3) is 0.545. The normalized spacial score (nSPS) is 21.3. The van der Waals surface area contributed by atoms with Crippen molar-refractivity contribution in [1.82, 2.24) is 4.72 Å². The summed E-state index contributed by atoms with van der Waals surface area (Å²) in [4.78, 5) is 11.5. The molecule has 0 aliphatic carbocycles. The standard InChI is InChI=1S/C11H15NO6S3/c1-7-5-19-9(11(13)18-2)10(7)21(16,17)12-8-3-4-20(14,15)6-8/h5,8,12H,3-4,6H2,1-2H3. The van der Waals surface area contributed by atoms with Crippen molar-refractivity contribution in [1.29, 1.82) is 0 Å². The molecule has 1 aliphatic rings. The maximum absolute atomic E-state index is 12.4. The predicted octanol–water partition coefficient (Wildman–Crippen LogP) is 0.309.